The van der Waals surface area contributed by atoms with Gasteiger partial charge in [-0.15, -0.1) is 0 Å². The lowest BCUT2D eigenvalue weighted by Crippen LogP contribution is -2.30. The topological polar surface area (TPSA) is 49.3 Å². The molecule has 1 rings (SSSR count). The highest BCUT2D eigenvalue weighted by Crippen LogP contribution is 2.18. The molecule has 82 valence electrons. The largest absolute Gasteiger partial charge is 0.392 e. The predicted molar refractivity (Wildman–Crippen MR) is 62.7 cm³/mol. The zero-order valence-electron chi connectivity index (χ0n) is 8.75. The molecule has 0 aliphatic rings. The van der Waals surface area contributed by atoms with Gasteiger partial charge in [-0.25, -0.2) is 0 Å². The van der Waals surface area contributed by atoms with Gasteiger partial charge in [0.05, 0.1) is 6.61 Å². The van der Waals surface area contributed by atoms with Gasteiger partial charge in [0.25, 0.3) is 5.91 Å². The molecular formula is C11H14BrNO2. The fourth-order valence-electron chi connectivity index (χ4n) is 1.16. The van der Waals surface area contributed by atoms with Crippen molar-refractivity contribution in [3.8, 4) is 0 Å². The van der Waals surface area contributed by atoms with Crippen LogP contribution in [-0.4, -0.2) is 17.1 Å². The first-order valence-electron chi connectivity index (χ1n) is 4.74. The number of rotatable bonds is 3. The zero-order chi connectivity index (χ0) is 11.4. The average molecular weight is 272 g/mol. The first-order chi connectivity index (χ1) is 7.04. The van der Waals surface area contributed by atoms with Crippen LogP contribution >= 0.6 is 15.9 Å². The number of benzene rings is 1. The van der Waals surface area contributed by atoms with Crippen LogP contribution in [0.15, 0.2) is 22.7 Å². The maximum absolute atomic E-state index is 11.6. The summed E-state index contributed by atoms with van der Waals surface area (Å²) in [5.41, 5.74) is 1.36. The number of carbonyl (C=O) groups is 1. The number of carbonyl (C=O) groups excluding carboxylic acids is 1. The van der Waals surface area contributed by atoms with Gasteiger partial charge in [-0.3, -0.25) is 4.79 Å². The van der Waals surface area contributed by atoms with Crippen molar-refractivity contribution >= 4 is 21.8 Å². The molecule has 0 aliphatic carbocycles. The van der Waals surface area contributed by atoms with Crippen LogP contribution in [0.3, 0.4) is 0 Å². The molecule has 0 saturated carbocycles. The van der Waals surface area contributed by atoms with E-state index in [1.807, 2.05) is 13.8 Å². The van der Waals surface area contributed by atoms with Crippen molar-refractivity contribution in [1.82, 2.24) is 5.32 Å². The number of halogens is 1. The van der Waals surface area contributed by atoms with Crippen molar-refractivity contribution in [1.29, 1.82) is 0 Å². The second-order valence-corrected chi connectivity index (χ2v) is 4.45. The highest BCUT2D eigenvalue weighted by atomic mass is 79.9. The fraction of sp³-hybridized carbons (Fsp3) is 0.364. The van der Waals surface area contributed by atoms with Gasteiger partial charge in [-0.2, -0.15) is 0 Å². The van der Waals surface area contributed by atoms with E-state index in [0.717, 1.165) is 10.0 Å². The molecule has 0 bridgehead atoms. The number of aliphatic hydroxyl groups excluding tert-OH is 1. The molecule has 4 heteroatoms. The van der Waals surface area contributed by atoms with Crippen molar-refractivity contribution in [3.63, 3.8) is 0 Å². The Kier molecular flexibility index (Phi) is 4.29. The van der Waals surface area contributed by atoms with E-state index in [0.29, 0.717) is 5.56 Å². The summed E-state index contributed by atoms with van der Waals surface area (Å²) in [6.45, 7) is 3.79. The van der Waals surface area contributed by atoms with E-state index in [-0.39, 0.29) is 18.6 Å². The van der Waals surface area contributed by atoms with E-state index >= 15 is 0 Å². The van der Waals surface area contributed by atoms with Crippen LogP contribution in [-0.2, 0) is 6.61 Å². The Morgan fingerprint density at radius 1 is 1.53 bits per heavy atom. The summed E-state index contributed by atoms with van der Waals surface area (Å²) in [7, 11) is 0. The molecular weight excluding hydrogens is 258 g/mol. The van der Waals surface area contributed by atoms with Gasteiger partial charge < -0.3 is 10.4 Å². The summed E-state index contributed by atoms with van der Waals surface area (Å²) in [5, 5.41) is 11.8. The van der Waals surface area contributed by atoms with Gasteiger partial charge >= 0.3 is 0 Å². The molecule has 3 nitrogen and oxygen atoms in total. The lowest BCUT2D eigenvalue weighted by Gasteiger charge is -2.09. The van der Waals surface area contributed by atoms with Crippen LogP contribution < -0.4 is 5.32 Å². The molecule has 0 radical (unpaired) electrons. The Morgan fingerprint density at radius 2 is 2.20 bits per heavy atom. The van der Waals surface area contributed by atoms with Crippen LogP contribution in [0.25, 0.3) is 0 Å². The minimum Gasteiger partial charge on any atom is -0.392 e. The van der Waals surface area contributed by atoms with Gasteiger partial charge in [0.15, 0.2) is 0 Å². The van der Waals surface area contributed by atoms with Crippen LogP contribution in [0.2, 0.25) is 0 Å². The van der Waals surface area contributed by atoms with E-state index in [1.54, 1.807) is 18.2 Å². The predicted octanol–water partition coefficient (Wildman–Crippen LogP) is 2.08. The Hall–Kier alpha value is -0.870. The fourth-order valence-corrected chi connectivity index (χ4v) is 1.67. The third kappa shape index (κ3) is 3.32. The molecule has 1 amide bonds. The van der Waals surface area contributed by atoms with Gasteiger partial charge in [0.1, 0.15) is 0 Å². The molecule has 1 aromatic carbocycles. The lowest BCUT2D eigenvalue weighted by molar-refractivity contribution is 0.0943. The van der Waals surface area contributed by atoms with Crippen LogP contribution in [0.5, 0.6) is 0 Å². The molecule has 0 atom stereocenters. The Bertz CT molecular complexity index is 364. The molecule has 0 heterocycles. The molecule has 0 saturated heterocycles. The molecule has 0 spiro atoms. The lowest BCUT2D eigenvalue weighted by atomic mass is 10.1. The smallest absolute Gasteiger partial charge is 0.251 e. The molecule has 0 fully saturated rings. The normalized spacial score (nSPS) is 10.5. The van der Waals surface area contributed by atoms with Crippen molar-refractivity contribution in [2.24, 2.45) is 0 Å². The second kappa shape index (κ2) is 5.28. The van der Waals surface area contributed by atoms with Crippen molar-refractivity contribution in [2.75, 3.05) is 0 Å². The van der Waals surface area contributed by atoms with E-state index in [9.17, 15) is 4.79 Å². The summed E-state index contributed by atoms with van der Waals surface area (Å²) in [4.78, 5) is 11.6. The summed E-state index contributed by atoms with van der Waals surface area (Å²) in [6, 6.07) is 5.27. The monoisotopic (exact) mass is 271 g/mol. The Balaban J connectivity index is 2.87. The zero-order valence-corrected chi connectivity index (χ0v) is 10.3. The van der Waals surface area contributed by atoms with Gasteiger partial charge in [-0.05, 0) is 31.5 Å². The van der Waals surface area contributed by atoms with Crippen molar-refractivity contribution in [2.45, 2.75) is 26.5 Å². The minimum absolute atomic E-state index is 0.0351. The highest BCUT2D eigenvalue weighted by Gasteiger charge is 2.08. The number of amides is 1. The van der Waals surface area contributed by atoms with Crippen molar-refractivity contribution in [3.05, 3.63) is 33.8 Å². The third-order valence-corrected chi connectivity index (χ3v) is 2.64. The number of aliphatic hydroxyl groups is 1. The SMILES string of the molecule is CC(C)NC(=O)c1ccc(CO)c(Br)c1. The summed E-state index contributed by atoms with van der Waals surface area (Å²) in [6.07, 6.45) is 0. The van der Waals surface area contributed by atoms with Gasteiger partial charge in [0.2, 0.25) is 0 Å². The summed E-state index contributed by atoms with van der Waals surface area (Å²) >= 11 is 3.30. The Morgan fingerprint density at radius 3 is 2.67 bits per heavy atom. The minimum atomic E-state index is -0.102. The maximum atomic E-state index is 11.6. The number of nitrogens with one attached hydrogen (secondary N) is 1. The van der Waals surface area contributed by atoms with E-state index in [2.05, 4.69) is 21.2 Å². The number of hydrogen-bond donors (Lipinski definition) is 2. The molecule has 0 unspecified atom stereocenters. The standard InChI is InChI=1S/C11H14BrNO2/c1-7(2)13-11(15)8-3-4-9(6-14)10(12)5-8/h3-5,7,14H,6H2,1-2H3,(H,13,15). The van der Waals surface area contributed by atoms with E-state index in [4.69, 9.17) is 5.11 Å². The maximum Gasteiger partial charge on any atom is 0.251 e. The molecule has 0 aromatic heterocycles. The third-order valence-electron chi connectivity index (χ3n) is 1.91. The molecule has 2 N–H and O–H groups in total. The average Bonchev–Trinajstić information content (AvgIpc) is 2.16. The van der Waals surface area contributed by atoms with E-state index in [1.165, 1.54) is 0 Å². The molecule has 1 aromatic rings. The second-order valence-electron chi connectivity index (χ2n) is 3.59. The first kappa shape index (κ1) is 12.2. The molecule has 0 aliphatic heterocycles. The van der Waals surface area contributed by atoms with Gasteiger partial charge in [0, 0.05) is 16.1 Å². The van der Waals surface area contributed by atoms with Crippen LogP contribution in [0, 0.1) is 0 Å². The van der Waals surface area contributed by atoms with Gasteiger partial charge in [-0.1, -0.05) is 22.0 Å². The Labute approximate surface area is 97.6 Å². The van der Waals surface area contributed by atoms with E-state index < -0.39 is 0 Å². The summed E-state index contributed by atoms with van der Waals surface area (Å²) in [5.74, 6) is -0.102. The first-order valence-corrected chi connectivity index (χ1v) is 5.54. The van der Waals surface area contributed by atoms with Crippen LogP contribution in [0.1, 0.15) is 29.8 Å². The quantitative estimate of drug-likeness (QED) is 0.885. The van der Waals surface area contributed by atoms with Crippen molar-refractivity contribution < 1.29 is 9.90 Å². The van der Waals surface area contributed by atoms with Crippen LogP contribution in [0.4, 0.5) is 0 Å². The summed E-state index contributed by atoms with van der Waals surface area (Å²) < 4.78 is 0.751. The number of hydrogen-bond acceptors (Lipinski definition) is 2. The highest BCUT2D eigenvalue weighted by molar-refractivity contribution is 9.10. The molecule has 15 heavy (non-hydrogen) atoms.